The zero-order valence-corrected chi connectivity index (χ0v) is 16.3. The van der Waals surface area contributed by atoms with E-state index in [0.717, 1.165) is 22.6 Å². The minimum absolute atomic E-state index is 0.526. The first-order valence-electron chi connectivity index (χ1n) is 9.29. The second-order valence-electron chi connectivity index (χ2n) is 6.43. The Morgan fingerprint density at radius 1 is 0.793 bits per heavy atom. The van der Waals surface area contributed by atoms with Crippen molar-refractivity contribution in [3.8, 4) is 17.1 Å². The summed E-state index contributed by atoms with van der Waals surface area (Å²) in [6.45, 7) is 1.05. The first kappa shape index (κ1) is 18.1. The maximum atomic E-state index is 6.09. The number of ether oxygens (including phenoxy) is 2. The van der Waals surface area contributed by atoms with E-state index in [0.29, 0.717) is 18.4 Å². The summed E-state index contributed by atoms with van der Waals surface area (Å²) in [6, 6.07) is 23.8. The van der Waals surface area contributed by atoms with Gasteiger partial charge in [-0.1, -0.05) is 48.5 Å². The van der Waals surface area contributed by atoms with Crippen LogP contribution in [-0.2, 0) is 14.6 Å². The van der Waals surface area contributed by atoms with Crippen molar-refractivity contribution in [3.05, 3.63) is 90.8 Å². The predicted molar refractivity (Wildman–Crippen MR) is 110 cm³/mol. The fraction of sp³-hybridized carbons (Fsp3) is 0.136. The molecule has 1 saturated heterocycles. The normalized spacial score (nSPS) is 15.4. The van der Waals surface area contributed by atoms with Crippen LogP contribution >= 0.6 is 11.8 Å². The topological polar surface area (TPSA) is 62.1 Å². The lowest BCUT2D eigenvalue weighted by atomic mass is 10.2. The SMILES string of the molecule is c1ccc(-n2c(SC3(c4ccccc4)OCCO3)nnc2-c2ccncc2)cc1. The Bertz CT molecular complexity index is 1080. The molecule has 0 aliphatic carbocycles. The Balaban J connectivity index is 1.63. The molecule has 0 saturated carbocycles. The number of rotatable bonds is 5. The fourth-order valence-electron chi connectivity index (χ4n) is 3.27. The molecule has 144 valence electrons. The zero-order chi connectivity index (χ0) is 19.5. The monoisotopic (exact) mass is 402 g/mol. The number of thioether (sulfide) groups is 1. The van der Waals surface area contributed by atoms with E-state index < -0.39 is 5.12 Å². The summed E-state index contributed by atoms with van der Waals surface area (Å²) in [5, 5.41) is 8.72. The Hall–Kier alpha value is -3.00. The van der Waals surface area contributed by atoms with Crippen LogP contribution in [0.25, 0.3) is 17.1 Å². The molecule has 3 heterocycles. The van der Waals surface area contributed by atoms with Crippen molar-refractivity contribution in [2.24, 2.45) is 0 Å². The fourth-order valence-corrected chi connectivity index (χ4v) is 4.42. The molecule has 2 aromatic carbocycles. The van der Waals surface area contributed by atoms with Crippen molar-refractivity contribution in [2.75, 3.05) is 13.2 Å². The van der Waals surface area contributed by atoms with Gasteiger partial charge in [0.05, 0.1) is 13.2 Å². The quantitative estimate of drug-likeness (QED) is 0.497. The van der Waals surface area contributed by atoms with Crippen molar-refractivity contribution in [1.29, 1.82) is 0 Å². The molecule has 1 fully saturated rings. The number of benzene rings is 2. The maximum Gasteiger partial charge on any atom is 0.253 e. The minimum Gasteiger partial charge on any atom is -0.335 e. The number of nitrogens with zero attached hydrogens (tertiary/aromatic N) is 4. The molecule has 0 radical (unpaired) electrons. The van der Waals surface area contributed by atoms with Gasteiger partial charge in [0.2, 0.25) is 5.16 Å². The molecule has 0 bridgehead atoms. The van der Waals surface area contributed by atoms with Crippen molar-refractivity contribution < 1.29 is 9.47 Å². The van der Waals surface area contributed by atoms with Crippen LogP contribution in [0.1, 0.15) is 5.56 Å². The van der Waals surface area contributed by atoms with Gasteiger partial charge in [-0.05, 0) is 36.0 Å². The molecule has 5 rings (SSSR count). The highest BCUT2D eigenvalue weighted by Crippen LogP contribution is 2.46. The van der Waals surface area contributed by atoms with Crippen molar-refractivity contribution in [3.63, 3.8) is 0 Å². The number of aromatic nitrogens is 4. The Kier molecular flexibility index (Phi) is 4.85. The second-order valence-corrected chi connectivity index (χ2v) is 7.54. The third-order valence-corrected chi connectivity index (χ3v) is 5.79. The lowest BCUT2D eigenvalue weighted by Crippen LogP contribution is -2.23. The minimum atomic E-state index is -0.948. The molecular weight excluding hydrogens is 384 g/mol. The molecule has 1 aliphatic heterocycles. The standard InChI is InChI=1S/C22H18N4O2S/c1-3-7-18(8-4-1)22(27-15-16-28-22)29-21-25-24-20(17-11-13-23-14-12-17)26(21)19-9-5-2-6-10-19/h1-14H,15-16H2. The van der Waals surface area contributed by atoms with Crippen molar-refractivity contribution in [1.82, 2.24) is 19.7 Å². The highest BCUT2D eigenvalue weighted by Gasteiger charge is 2.42. The van der Waals surface area contributed by atoms with Crippen LogP contribution < -0.4 is 0 Å². The van der Waals surface area contributed by atoms with E-state index in [9.17, 15) is 0 Å². The zero-order valence-electron chi connectivity index (χ0n) is 15.5. The summed E-state index contributed by atoms with van der Waals surface area (Å²) < 4.78 is 14.2. The van der Waals surface area contributed by atoms with Crippen LogP contribution in [0.5, 0.6) is 0 Å². The molecular formula is C22H18N4O2S. The summed E-state index contributed by atoms with van der Waals surface area (Å²) >= 11 is 1.42. The molecule has 6 nitrogen and oxygen atoms in total. The molecule has 1 aliphatic rings. The smallest absolute Gasteiger partial charge is 0.253 e. The van der Waals surface area contributed by atoms with Crippen molar-refractivity contribution >= 4 is 11.8 Å². The van der Waals surface area contributed by atoms with E-state index in [-0.39, 0.29) is 0 Å². The number of hydrogen-bond donors (Lipinski definition) is 0. The third-order valence-electron chi connectivity index (χ3n) is 4.61. The molecule has 0 atom stereocenters. The van der Waals surface area contributed by atoms with Gasteiger partial charge in [0.15, 0.2) is 5.82 Å². The van der Waals surface area contributed by atoms with Gasteiger partial charge in [-0.2, -0.15) is 0 Å². The lowest BCUT2D eigenvalue weighted by Gasteiger charge is -2.26. The van der Waals surface area contributed by atoms with E-state index in [1.165, 1.54) is 11.8 Å². The van der Waals surface area contributed by atoms with E-state index >= 15 is 0 Å². The van der Waals surface area contributed by atoms with Crippen molar-refractivity contribution in [2.45, 2.75) is 10.3 Å². The first-order chi connectivity index (χ1) is 14.4. The summed E-state index contributed by atoms with van der Waals surface area (Å²) in [5.74, 6) is 0.738. The predicted octanol–water partition coefficient (Wildman–Crippen LogP) is 4.28. The summed E-state index contributed by atoms with van der Waals surface area (Å²) in [7, 11) is 0. The molecule has 4 aromatic rings. The summed E-state index contributed by atoms with van der Waals surface area (Å²) in [5.41, 5.74) is 2.84. The van der Waals surface area contributed by atoms with Gasteiger partial charge in [0.1, 0.15) is 0 Å². The molecule has 7 heteroatoms. The van der Waals surface area contributed by atoms with Gasteiger partial charge in [-0.15, -0.1) is 10.2 Å². The van der Waals surface area contributed by atoms with Crippen LogP contribution in [0, 0.1) is 0 Å². The average Bonchev–Trinajstić information content (AvgIpc) is 3.44. The van der Waals surface area contributed by atoms with Crippen LogP contribution in [0.2, 0.25) is 0 Å². The van der Waals surface area contributed by atoms with E-state index in [2.05, 4.69) is 15.2 Å². The van der Waals surface area contributed by atoms with Gasteiger partial charge >= 0.3 is 0 Å². The molecule has 0 unspecified atom stereocenters. The van der Waals surface area contributed by atoms with Gasteiger partial charge in [-0.25, -0.2) is 0 Å². The summed E-state index contributed by atoms with van der Waals surface area (Å²) in [6.07, 6.45) is 3.50. The first-order valence-corrected chi connectivity index (χ1v) is 10.1. The maximum absolute atomic E-state index is 6.09. The van der Waals surface area contributed by atoms with E-state index in [1.807, 2.05) is 77.4 Å². The number of hydrogen-bond acceptors (Lipinski definition) is 6. The van der Waals surface area contributed by atoms with Crippen LogP contribution in [0.3, 0.4) is 0 Å². The number of pyridine rings is 1. The number of para-hydroxylation sites is 1. The Morgan fingerprint density at radius 3 is 2.14 bits per heavy atom. The van der Waals surface area contributed by atoms with Gasteiger partial charge in [-0.3, -0.25) is 9.55 Å². The third kappa shape index (κ3) is 3.44. The van der Waals surface area contributed by atoms with Crippen LogP contribution in [0.4, 0.5) is 0 Å². The average molecular weight is 402 g/mol. The van der Waals surface area contributed by atoms with Crippen LogP contribution in [0.15, 0.2) is 90.3 Å². The molecule has 29 heavy (non-hydrogen) atoms. The molecule has 2 aromatic heterocycles. The molecule has 0 N–H and O–H groups in total. The second kappa shape index (κ2) is 7.79. The van der Waals surface area contributed by atoms with E-state index in [1.54, 1.807) is 12.4 Å². The Morgan fingerprint density at radius 2 is 1.45 bits per heavy atom. The van der Waals surface area contributed by atoms with Crippen LogP contribution in [-0.4, -0.2) is 33.0 Å². The highest BCUT2D eigenvalue weighted by atomic mass is 32.2. The summed E-state index contributed by atoms with van der Waals surface area (Å²) in [4.78, 5) is 4.11. The Labute approximate surface area is 172 Å². The van der Waals surface area contributed by atoms with Gasteiger partial charge in [0.25, 0.3) is 5.12 Å². The molecule has 0 spiro atoms. The van der Waals surface area contributed by atoms with Gasteiger partial charge in [0, 0.05) is 29.2 Å². The largest absolute Gasteiger partial charge is 0.335 e. The lowest BCUT2D eigenvalue weighted by molar-refractivity contribution is -0.0818. The highest BCUT2D eigenvalue weighted by molar-refractivity contribution is 7.99. The van der Waals surface area contributed by atoms with Gasteiger partial charge < -0.3 is 9.47 Å². The molecule has 0 amide bonds. The van der Waals surface area contributed by atoms with E-state index in [4.69, 9.17) is 9.47 Å².